The lowest BCUT2D eigenvalue weighted by Gasteiger charge is -2.34. The van der Waals surface area contributed by atoms with Gasteiger partial charge in [0.2, 0.25) is 11.8 Å². The zero-order valence-corrected chi connectivity index (χ0v) is 11.3. The molecule has 7 nitrogen and oxygen atoms in total. The van der Waals surface area contributed by atoms with Crippen LogP contribution in [-0.4, -0.2) is 37.4 Å². The predicted octanol–water partition coefficient (Wildman–Crippen LogP) is -0.520. The maximum absolute atomic E-state index is 11.7. The van der Waals surface area contributed by atoms with Crippen LogP contribution in [0.15, 0.2) is 18.2 Å². The highest BCUT2D eigenvalue weighted by Gasteiger charge is 2.31. The number of hydrogen-bond acceptors (Lipinski definition) is 5. The quantitative estimate of drug-likeness (QED) is 0.498. The minimum absolute atomic E-state index is 0.0221. The van der Waals surface area contributed by atoms with Gasteiger partial charge in [0.25, 0.3) is 5.91 Å². The fraction of sp³-hybridized carbons (Fsp3) is 0.308. The Hall–Kier alpha value is -2.57. The molecule has 4 N–H and O–H groups in total. The van der Waals surface area contributed by atoms with Crippen molar-refractivity contribution in [2.75, 3.05) is 24.2 Å². The van der Waals surface area contributed by atoms with E-state index in [2.05, 4.69) is 10.6 Å². The lowest BCUT2D eigenvalue weighted by atomic mass is 10.1. The summed E-state index contributed by atoms with van der Waals surface area (Å²) >= 11 is 0. The molecule has 1 aliphatic heterocycles. The number of nitrogens with one attached hydrogen (secondary N) is 2. The standard InChI is InChI=1S/C13H16N4O3/c1-7-12(19)16-11(18)6-17(7)10-5-8(13(20)15-2)3-4-9(10)14/h3-5,7H,6,14H2,1-2H3,(H,15,20)(H,16,18,19). The molecule has 3 amide bonds. The third-order valence-corrected chi connectivity index (χ3v) is 3.25. The molecule has 1 saturated heterocycles. The van der Waals surface area contributed by atoms with Gasteiger partial charge in [0, 0.05) is 12.6 Å². The molecule has 0 saturated carbocycles. The molecule has 20 heavy (non-hydrogen) atoms. The smallest absolute Gasteiger partial charge is 0.251 e. The number of benzene rings is 1. The average molecular weight is 276 g/mol. The van der Waals surface area contributed by atoms with Crippen LogP contribution in [0.5, 0.6) is 0 Å². The second-order valence-corrected chi connectivity index (χ2v) is 4.57. The van der Waals surface area contributed by atoms with Crippen LogP contribution < -0.4 is 21.3 Å². The van der Waals surface area contributed by atoms with Gasteiger partial charge in [-0.3, -0.25) is 19.7 Å². The Kier molecular flexibility index (Phi) is 3.60. The van der Waals surface area contributed by atoms with E-state index in [1.165, 1.54) is 7.05 Å². The Bertz CT molecular complexity index is 585. The second kappa shape index (κ2) is 5.20. The summed E-state index contributed by atoms with van der Waals surface area (Å²) in [4.78, 5) is 36.4. The molecule has 1 fully saturated rings. The van der Waals surface area contributed by atoms with Gasteiger partial charge in [-0.2, -0.15) is 0 Å². The highest BCUT2D eigenvalue weighted by molar-refractivity contribution is 6.05. The molecule has 1 aromatic carbocycles. The predicted molar refractivity (Wildman–Crippen MR) is 74.2 cm³/mol. The Morgan fingerprint density at radius 3 is 2.80 bits per heavy atom. The van der Waals surface area contributed by atoms with Crippen molar-refractivity contribution < 1.29 is 14.4 Å². The van der Waals surface area contributed by atoms with Gasteiger partial charge < -0.3 is 16.0 Å². The monoisotopic (exact) mass is 276 g/mol. The first-order valence-electron chi connectivity index (χ1n) is 6.16. The highest BCUT2D eigenvalue weighted by atomic mass is 16.2. The Labute approximate surface area is 116 Å². The van der Waals surface area contributed by atoms with Crippen LogP contribution in [0, 0.1) is 0 Å². The van der Waals surface area contributed by atoms with E-state index in [4.69, 9.17) is 5.73 Å². The van der Waals surface area contributed by atoms with E-state index in [0.29, 0.717) is 16.9 Å². The lowest BCUT2D eigenvalue weighted by Crippen LogP contribution is -2.57. The number of nitrogens with two attached hydrogens (primary N) is 1. The van der Waals surface area contributed by atoms with E-state index in [-0.39, 0.29) is 18.4 Å². The van der Waals surface area contributed by atoms with Gasteiger partial charge in [0.05, 0.1) is 17.9 Å². The van der Waals surface area contributed by atoms with E-state index >= 15 is 0 Å². The average Bonchev–Trinajstić information content (AvgIpc) is 2.42. The summed E-state index contributed by atoms with van der Waals surface area (Å²) in [5.41, 5.74) is 7.23. The topological polar surface area (TPSA) is 105 Å². The molecule has 0 radical (unpaired) electrons. The number of carbonyl (C=O) groups excluding carboxylic acids is 3. The summed E-state index contributed by atoms with van der Waals surface area (Å²) in [5.74, 6) is -1.03. The Morgan fingerprint density at radius 2 is 2.15 bits per heavy atom. The molecule has 7 heteroatoms. The molecule has 1 heterocycles. The summed E-state index contributed by atoms with van der Waals surface area (Å²) in [6.45, 7) is 1.70. The first-order valence-corrected chi connectivity index (χ1v) is 6.16. The van der Waals surface area contributed by atoms with Crippen molar-refractivity contribution in [2.24, 2.45) is 0 Å². The number of hydrogen-bond donors (Lipinski definition) is 3. The van der Waals surface area contributed by atoms with Crippen molar-refractivity contribution in [2.45, 2.75) is 13.0 Å². The Morgan fingerprint density at radius 1 is 1.45 bits per heavy atom. The van der Waals surface area contributed by atoms with Gasteiger partial charge in [0.1, 0.15) is 6.04 Å². The highest BCUT2D eigenvalue weighted by Crippen LogP contribution is 2.27. The molecule has 0 spiro atoms. The molecule has 2 rings (SSSR count). The van der Waals surface area contributed by atoms with Gasteiger partial charge in [-0.25, -0.2) is 0 Å². The number of nitrogens with zero attached hydrogens (tertiary/aromatic N) is 1. The molecule has 0 aliphatic carbocycles. The third-order valence-electron chi connectivity index (χ3n) is 3.25. The second-order valence-electron chi connectivity index (χ2n) is 4.57. The van der Waals surface area contributed by atoms with E-state index < -0.39 is 11.9 Å². The molecule has 0 bridgehead atoms. The summed E-state index contributed by atoms with van der Waals surface area (Å²) in [7, 11) is 1.53. The normalized spacial score (nSPS) is 18.7. The fourth-order valence-electron chi connectivity index (χ4n) is 2.09. The van der Waals surface area contributed by atoms with E-state index in [1.54, 1.807) is 30.0 Å². The van der Waals surface area contributed by atoms with Crippen molar-refractivity contribution in [3.8, 4) is 0 Å². The van der Waals surface area contributed by atoms with Crippen molar-refractivity contribution in [1.82, 2.24) is 10.6 Å². The first-order chi connectivity index (χ1) is 9.43. The summed E-state index contributed by atoms with van der Waals surface area (Å²) < 4.78 is 0. The molecule has 1 aliphatic rings. The SMILES string of the molecule is CNC(=O)c1ccc(N)c(N2CC(=O)NC(=O)C2C)c1. The summed E-state index contributed by atoms with van der Waals surface area (Å²) in [6.07, 6.45) is 0. The van der Waals surface area contributed by atoms with Gasteiger partial charge in [-0.15, -0.1) is 0 Å². The molecular weight excluding hydrogens is 260 g/mol. The van der Waals surface area contributed by atoms with Crippen LogP contribution in [-0.2, 0) is 9.59 Å². The number of amides is 3. The summed E-state index contributed by atoms with van der Waals surface area (Å²) in [6, 6.07) is 4.23. The molecule has 0 aromatic heterocycles. The van der Waals surface area contributed by atoms with Gasteiger partial charge in [-0.05, 0) is 25.1 Å². The zero-order valence-electron chi connectivity index (χ0n) is 11.3. The van der Waals surface area contributed by atoms with Crippen LogP contribution in [0.25, 0.3) is 0 Å². The van der Waals surface area contributed by atoms with Crippen LogP contribution in [0.3, 0.4) is 0 Å². The maximum atomic E-state index is 11.7. The molecule has 1 unspecified atom stereocenters. The van der Waals surface area contributed by atoms with Crippen LogP contribution in [0.4, 0.5) is 11.4 Å². The number of imide groups is 1. The van der Waals surface area contributed by atoms with E-state index in [1.807, 2.05) is 0 Å². The first kappa shape index (κ1) is 13.9. The number of piperazine rings is 1. The van der Waals surface area contributed by atoms with Crippen molar-refractivity contribution in [3.05, 3.63) is 23.8 Å². The number of carbonyl (C=O) groups is 3. The lowest BCUT2D eigenvalue weighted by molar-refractivity contribution is -0.132. The number of nitrogen functional groups attached to an aromatic ring is 1. The fourth-order valence-corrected chi connectivity index (χ4v) is 2.09. The van der Waals surface area contributed by atoms with Crippen molar-refractivity contribution >= 4 is 29.1 Å². The number of rotatable bonds is 2. The molecular formula is C13H16N4O3. The molecule has 1 aromatic rings. The van der Waals surface area contributed by atoms with Crippen LogP contribution in [0.2, 0.25) is 0 Å². The zero-order chi connectivity index (χ0) is 14.9. The van der Waals surface area contributed by atoms with Gasteiger partial charge in [-0.1, -0.05) is 0 Å². The van der Waals surface area contributed by atoms with Crippen LogP contribution >= 0.6 is 0 Å². The van der Waals surface area contributed by atoms with Gasteiger partial charge in [0.15, 0.2) is 0 Å². The van der Waals surface area contributed by atoms with E-state index in [0.717, 1.165) is 0 Å². The third kappa shape index (κ3) is 2.42. The molecule has 1 atom stereocenters. The Balaban J connectivity index is 2.42. The minimum Gasteiger partial charge on any atom is -0.397 e. The van der Waals surface area contributed by atoms with Crippen LogP contribution in [0.1, 0.15) is 17.3 Å². The maximum Gasteiger partial charge on any atom is 0.251 e. The molecule has 106 valence electrons. The van der Waals surface area contributed by atoms with Crippen molar-refractivity contribution in [3.63, 3.8) is 0 Å². The van der Waals surface area contributed by atoms with Gasteiger partial charge >= 0.3 is 0 Å². The minimum atomic E-state index is -0.532. The largest absolute Gasteiger partial charge is 0.397 e. The summed E-state index contributed by atoms with van der Waals surface area (Å²) in [5, 5.41) is 4.77. The van der Waals surface area contributed by atoms with E-state index in [9.17, 15) is 14.4 Å². The number of anilines is 2. The van der Waals surface area contributed by atoms with Crippen molar-refractivity contribution in [1.29, 1.82) is 0 Å².